The molecule has 0 bridgehead atoms. The van der Waals surface area contributed by atoms with Crippen molar-refractivity contribution < 1.29 is 9.47 Å². The van der Waals surface area contributed by atoms with E-state index in [1.165, 1.54) is 6.33 Å². The average Bonchev–Trinajstić information content (AvgIpc) is 3.14. The predicted molar refractivity (Wildman–Crippen MR) is 113 cm³/mol. The summed E-state index contributed by atoms with van der Waals surface area (Å²) in [6.07, 6.45) is 5.09. The van der Waals surface area contributed by atoms with Gasteiger partial charge in [-0.3, -0.25) is 0 Å². The van der Waals surface area contributed by atoms with Crippen LogP contribution < -0.4 is 15.8 Å². The smallest absolute Gasteiger partial charge is 0.243 e. The van der Waals surface area contributed by atoms with E-state index in [-0.39, 0.29) is 17.4 Å². The number of nitrogens with zero attached hydrogens (tertiary/aromatic N) is 6. The number of rotatable bonds is 6. The van der Waals surface area contributed by atoms with Crippen molar-refractivity contribution in [3.63, 3.8) is 0 Å². The second kappa shape index (κ2) is 8.81. The normalized spacial score (nSPS) is 15.6. The van der Waals surface area contributed by atoms with Crippen LogP contribution in [-0.2, 0) is 4.74 Å². The molecule has 0 radical (unpaired) electrons. The van der Waals surface area contributed by atoms with Crippen LogP contribution in [0, 0.1) is 17.2 Å². The average molecular weight is 473 g/mol. The van der Waals surface area contributed by atoms with Gasteiger partial charge in [-0.15, -0.1) is 0 Å². The quantitative estimate of drug-likeness (QED) is 0.554. The van der Waals surface area contributed by atoms with Crippen LogP contribution >= 0.6 is 15.9 Å². The molecule has 3 aromatic heterocycles. The first-order valence-electron chi connectivity index (χ1n) is 9.59. The van der Waals surface area contributed by atoms with Gasteiger partial charge in [-0.1, -0.05) is 0 Å². The van der Waals surface area contributed by atoms with Gasteiger partial charge < -0.3 is 20.5 Å². The van der Waals surface area contributed by atoms with E-state index in [2.05, 4.69) is 41.3 Å². The first kappa shape index (κ1) is 20.3. The van der Waals surface area contributed by atoms with Gasteiger partial charge in [-0.25, -0.2) is 14.5 Å². The molecule has 3 aromatic rings. The Morgan fingerprint density at radius 2 is 2.23 bits per heavy atom. The number of anilines is 2. The summed E-state index contributed by atoms with van der Waals surface area (Å²) in [5.41, 5.74) is 6.73. The first-order valence-corrected chi connectivity index (χ1v) is 10.4. The number of fused-ring (bicyclic) bond motifs is 1. The summed E-state index contributed by atoms with van der Waals surface area (Å²) in [7, 11) is 0. The highest BCUT2D eigenvalue weighted by atomic mass is 79.9. The molecule has 0 saturated carbocycles. The first-order chi connectivity index (χ1) is 14.6. The lowest BCUT2D eigenvalue weighted by atomic mass is 10.0. The lowest BCUT2D eigenvalue weighted by Crippen LogP contribution is -2.22. The Kier molecular flexibility index (Phi) is 5.96. The molecule has 1 atom stereocenters. The van der Waals surface area contributed by atoms with Crippen molar-refractivity contribution in [3.05, 3.63) is 34.5 Å². The zero-order valence-corrected chi connectivity index (χ0v) is 18.0. The van der Waals surface area contributed by atoms with Gasteiger partial charge in [0.1, 0.15) is 35.1 Å². The number of nitrogen functional groups attached to an aromatic ring is 1. The van der Waals surface area contributed by atoms with Crippen LogP contribution in [0.1, 0.15) is 37.2 Å². The van der Waals surface area contributed by atoms with E-state index in [1.54, 1.807) is 4.52 Å². The summed E-state index contributed by atoms with van der Waals surface area (Å²) in [6, 6.07) is 3.56. The molecule has 0 amide bonds. The molecular formula is C19H21BrN8O2. The summed E-state index contributed by atoms with van der Waals surface area (Å²) < 4.78 is 14.1. The lowest BCUT2D eigenvalue weighted by molar-refractivity contribution is 0.0491. The molecule has 1 fully saturated rings. The molecule has 1 aliphatic heterocycles. The molecule has 1 aliphatic rings. The number of ether oxygens (including phenoxy) is 2. The third-order valence-corrected chi connectivity index (χ3v) is 5.61. The van der Waals surface area contributed by atoms with E-state index in [9.17, 15) is 5.26 Å². The van der Waals surface area contributed by atoms with E-state index < -0.39 is 0 Å². The van der Waals surface area contributed by atoms with Crippen LogP contribution in [0.15, 0.2) is 23.1 Å². The van der Waals surface area contributed by atoms with Crippen molar-refractivity contribution in [2.75, 3.05) is 30.9 Å². The number of nitrogens with one attached hydrogen (secondary N) is 1. The number of nitriles is 1. The van der Waals surface area contributed by atoms with E-state index in [4.69, 9.17) is 15.2 Å². The van der Waals surface area contributed by atoms with Crippen molar-refractivity contribution in [1.82, 2.24) is 24.6 Å². The minimum absolute atomic E-state index is 0.119. The highest BCUT2D eigenvalue weighted by Crippen LogP contribution is 2.29. The van der Waals surface area contributed by atoms with E-state index in [0.29, 0.717) is 30.0 Å². The van der Waals surface area contributed by atoms with Crippen LogP contribution in [-0.4, -0.2) is 44.4 Å². The zero-order chi connectivity index (χ0) is 21.1. The second-order valence-corrected chi connectivity index (χ2v) is 7.91. The molecule has 0 unspecified atom stereocenters. The maximum atomic E-state index is 9.35. The molecule has 30 heavy (non-hydrogen) atoms. The summed E-state index contributed by atoms with van der Waals surface area (Å²) in [5.74, 6) is 1.88. The standard InChI is InChI=1S/C19H21BrN8O2/c1-11(25-18-13(8-21)16(22)23-10-24-18)17-26-19(15-14(20)2-5-28(15)27-17)30-9-12-3-6-29-7-4-12/h2,5,10-12H,3-4,6-7,9H2,1H3,(H3,22,23,24,25)/t11-/m0/s1. The van der Waals surface area contributed by atoms with Crippen LogP contribution in [0.4, 0.5) is 11.6 Å². The molecule has 0 spiro atoms. The van der Waals surface area contributed by atoms with Crippen LogP contribution in [0.25, 0.3) is 5.52 Å². The Morgan fingerprint density at radius 3 is 3.00 bits per heavy atom. The fourth-order valence-electron chi connectivity index (χ4n) is 3.25. The van der Waals surface area contributed by atoms with Gasteiger partial charge in [0.25, 0.3) is 0 Å². The van der Waals surface area contributed by atoms with E-state index in [0.717, 1.165) is 36.0 Å². The van der Waals surface area contributed by atoms with Crippen LogP contribution in [0.2, 0.25) is 0 Å². The van der Waals surface area contributed by atoms with Gasteiger partial charge in [0.05, 0.1) is 17.1 Å². The number of nitrogens with two attached hydrogens (primary N) is 1. The van der Waals surface area contributed by atoms with Gasteiger partial charge >= 0.3 is 0 Å². The summed E-state index contributed by atoms with van der Waals surface area (Å²) in [4.78, 5) is 12.6. The third kappa shape index (κ3) is 4.15. The molecule has 3 N–H and O–H groups in total. The zero-order valence-electron chi connectivity index (χ0n) is 16.4. The van der Waals surface area contributed by atoms with Gasteiger partial charge in [-0.2, -0.15) is 15.3 Å². The van der Waals surface area contributed by atoms with Crippen molar-refractivity contribution in [1.29, 1.82) is 5.26 Å². The number of hydrogen-bond donors (Lipinski definition) is 2. The maximum absolute atomic E-state index is 9.35. The molecule has 4 rings (SSSR count). The Labute approximate surface area is 181 Å². The Morgan fingerprint density at radius 1 is 1.43 bits per heavy atom. The highest BCUT2D eigenvalue weighted by molar-refractivity contribution is 9.10. The number of aromatic nitrogens is 5. The molecular weight excluding hydrogens is 452 g/mol. The Bertz CT molecular complexity index is 1090. The third-order valence-electron chi connectivity index (χ3n) is 4.97. The Hall–Kier alpha value is -2.97. The number of hydrogen-bond acceptors (Lipinski definition) is 9. The molecule has 1 saturated heterocycles. The summed E-state index contributed by atoms with van der Waals surface area (Å²) >= 11 is 3.54. The minimum atomic E-state index is -0.359. The van der Waals surface area contributed by atoms with Crippen molar-refractivity contribution >= 4 is 33.1 Å². The van der Waals surface area contributed by atoms with Gasteiger partial charge in [0.2, 0.25) is 5.88 Å². The molecule has 0 aromatic carbocycles. The van der Waals surface area contributed by atoms with E-state index >= 15 is 0 Å². The molecule has 0 aliphatic carbocycles. The minimum Gasteiger partial charge on any atom is -0.476 e. The molecule has 156 valence electrons. The molecule has 10 nitrogen and oxygen atoms in total. The maximum Gasteiger partial charge on any atom is 0.243 e. The van der Waals surface area contributed by atoms with Crippen LogP contribution in [0.5, 0.6) is 5.88 Å². The summed E-state index contributed by atoms with van der Waals surface area (Å²) in [5, 5.41) is 17.1. The van der Waals surface area contributed by atoms with Gasteiger partial charge in [-0.05, 0) is 47.7 Å². The van der Waals surface area contributed by atoms with Crippen molar-refractivity contribution in [2.24, 2.45) is 5.92 Å². The monoisotopic (exact) mass is 472 g/mol. The van der Waals surface area contributed by atoms with Gasteiger partial charge in [0.15, 0.2) is 5.82 Å². The van der Waals surface area contributed by atoms with Gasteiger partial charge in [0, 0.05) is 19.4 Å². The summed E-state index contributed by atoms with van der Waals surface area (Å²) in [6.45, 7) is 3.96. The largest absolute Gasteiger partial charge is 0.476 e. The molecule has 4 heterocycles. The fraction of sp³-hybridized carbons (Fsp3) is 0.421. The number of halogens is 1. The Balaban J connectivity index is 1.61. The SMILES string of the molecule is C[C@H](Nc1ncnc(N)c1C#N)c1nc(OCC2CCOCC2)c2c(Br)ccn2n1. The fourth-order valence-corrected chi connectivity index (χ4v) is 3.72. The predicted octanol–water partition coefficient (Wildman–Crippen LogP) is 2.71. The lowest BCUT2D eigenvalue weighted by Gasteiger charge is -2.22. The highest BCUT2D eigenvalue weighted by Gasteiger charge is 2.21. The van der Waals surface area contributed by atoms with Crippen molar-refractivity contribution in [2.45, 2.75) is 25.8 Å². The topological polar surface area (TPSA) is 136 Å². The second-order valence-electron chi connectivity index (χ2n) is 7.06. The van der Waals surface area contributed by atoms with Crippen molar-refractivity contribution in [3.8, 4) is 11.9 Å². The van der Waals surface area contributed by atoms with Crippen LogP contribution in [0.3, 0.4) is 0 Å². The molecule has 11 heteroatoms. The van der Waals surface area contributed by atoms with E-state index in [1.807, 2.05) is 25.3 Å².